The summed E-state index contributed by atoms with van der Waals surface area (Å²) in [6, 6.07) is 13.3. The predicted molar refractivity (Wildman–Crippen MR) is 121 cm³/mol. The summed E-state index contributed by atoms with van der Waals surface area (Å²) in [4.78, 5) is 27.7. The maximum atomic E-state index is 13.4. The third-order valence-corrected chi connectivity index (χ3v) is 5.97. The van der Waals surface area contributed by atoms with Gasteiger partial charge in [-0.1, -0.05) is 24.3 Å². The molecule has 2 aromatic rings. The number of nitrogens with zero attached hydrogens (tertiary/aromatic N) is 3. The molecule has 0 bridgehead atoms. The summed E-state index contributed by atoms with van der Waals surface area (Å²) < 4.78 is 23.8. The minimum atomic E-state index is -0.330. The lowest BCUT2D eigenvalue weighted by molar-refractivity contribution is -0.142. The Balaban J connectivity index is 1.59. The van der Waals surface area contributed by atoms with Crippen molar-refractivity contribution >= 4 is 17.5 Å². The van der Waals surface area contributed by atoms with Gasteiger partial charge in [0.15, 0.2) is 0 Å². The number of methoxy groups -OCH3 is 2. The largest absolute Gasteiger partial charge is 0.497 e. The van der Waals surface area contributed by atoms with Gasteiger partial charge in [-0.25, -0.2) is 9.40 Å². The first-order valence-electron chi connectivity index (χ1n) is 11.1. The zero-order chi connectivity index (χ0) is 23.4. The Labute approximate surface area is 192 Å². The summed E-state index contributed by atoms with van der Waals surface area (Å²) in [5, 5.41) is 6.08. The number of amides is 2. The van der Waals surface area contributed by atoms with E-state index >= 15 is 0 Å². The highest BCUT2D eigenvalue weighted by molar-refractivity contribution is 6.03. The molecular weight excluding hydrogens is 425 g/mol. The van der Waals surface area contributed by atoms with Crippen molar-refractivity contribution in [3.8, 4) is 5.75 Å². The van der Waals surface area contributed by atoms with Crippen molar-refractivity contribution < 1.29 is 23.5 Å². The summed E-state index contributed by atoms with van der Waals surface area (Å²) in [6.07, 6.45) is 2.21. The molecule has 1 aliphatic carbocycles. The van der Waals surface area contributed by atoms with Crippen molar-refractivity contribution in [3.63, 3.8) is 0 Å². The molecule has 1 aliphatic heterocycles. The normalized spacial score (nSPS) is 17.6. The zero-order valence-electron chi connectivity index (χ0n) is 18.9. The van der Waals surface area contributed by atoms with Crippen LogP contribution in [0.2, 0.25) is 0 Å². The maximum Gasteiger partial charge on any atom is 0.262 e. The molecule has 1 atom stereocenters. The van der Waals surface area contributed by atoms with Crippen molar-refractivity contribution in [1.29, 1.82) is 0 Å². The number of benzene rings is 2. The fraction of sp³-hybridized carbons (Fsp3) is 0.400. The van der Waals surface area contributed by atoms with Gasteiger partial charge in [0, 0.05) is 26.0 Å². The highest BCUT2D eigenvalue weighted by Gasteiger charge is 2.37. The predicted octanol–water partition coefficient (Wildman–Crippen LogP) is 3.40. The van der Waals surface area contributed by atoms with Gasteiger partial charge in [0.25, 0.3) is 5.91 Å². The van der Waals surface area contributed by atoms with Crippen molar-refractivity contribution in [2.75, 3.05) is 33.9 Å². The van der Waals surface area contributed by atoms with Crippen LogP contribution in [0.4, 0.5) is 4.39 Å². The maximum absolute atomic E-state index is 13.4. The lowest BCUT2D eigenvalue weighted by Crippen LogP contribution is -2.43. The number of carbonyl (C=O) groups excluding carboxylic acids is 2. The van der Waals surface area contributed by atoms with Crippen LogP contribution in [0.3, 0.4) is 0 Å². The molecule has 1 saturated carbocycles. The van der Waals surface area contributed by atoms with E-state index in [0.29, 0.717) is 25.3 Å². The molecule has 0 N–H and O–H groups in total. The van der Waals surface area contributed by atoms with E-state index in [1.807, 2.05) is 24.3 Å². The van der Waals surface area contributed by atoms with Crippen LogP contribution >= 0.6 is 0 Å². The summed E-state index contributed by atoms with van der Waals surface area (Å²) in [6.45, 7) is 0.649. The van der Waals surface area contributed by atoms with E-state index in [2.05, 4.69) is 5.10 Å². The van der Waals surface area contributed by atoms with Crippen LogP contribution in [0.5, 0.6) is 5.75 Å². The molecule has 2 aromatic carbocycles. The highest BCUT2D eigenvalue weighted by atomic mass is 19.1. The van der Waals surface area contributed by atoms with Crippen LogP contribution < -0.4 is 4.74 Å². The van der Waals surface area contributed by atoms with E-state index in [-0.39, 0.29) is 36.1 Å². The van der Waals surface area contributed by atoms with E-state index in [4.69, 9.17) is 9.47 Å². The second-order valence-electron chi connectivity index (χ2n) is 8.31. The summed E-state index contributed by atoms with van der Waals surface area (Å²) in [5.41, 5.74) is 2.36. The third-order valence-electron chi connectivity index (χ3n) is 5.97. The smallest absolute Gasteiger partial charge is 0.262 e. The topological polar surface area (TPSA) is 71.4 Å². The van der Waals surface area contributed by atoms with Gasteiger partial charge in [-0.05, 0) is 48.2 Å². The minimum Gasteiger partial charge on any atom is -0.497 e. The lowest BCUT2D eigenvalue weighted by Gasteiger charge is -2.27. The number of rotatable bonds is 9. The SMILES string of the molecule is COCCN(CC(=O)N1N=C(c2ccc(F)cc2)C[C@@H]1c1ccc(OC)cc1)C(=O)C1CC1. The van der Waals surface area contributed by atoms with Crippen LogP contribution in [0.15, 0.2) is 53.6 Å². The number of halogens is 1. The van der Waals surface area contributed by atoms with E-state index in [9.17, 15) is 14.0 Å². The second-order valence-corrected chi connectivity index (χ2v) is 8.31. The van der Waals surface area contributed by atoms with Gasteiger partial charge >= 0.3 is 0 Å². The molecule has 1 heterocycles. The molecule has 0 spiro atoms. The molecule has 2 amide bonds. The first-order valence-corrected chi connectivity index (χ1v) is 11.1. The molecule has 4 rings (SSSR count). The zero-order valence-corrected chi connectivity index (χ0v) is 18.9. The Kier molecular flexibility index (Phi) is 7.03. The van der Waals surface area contributed by atoms with E-state index < -0.39 is 0 Å². The standard InChI is InChI=1S/C25H28FN3O4/c1-32-14-13-28(25(31)19-3-4-19)16-24(30)29-23(18-7-11-21(33-2)12-8-18)15-22(27-29)17-5-9-20(26)10-6-17/h5-12,19,23H,3-4,13-16H2,1-2H3/t23-/m1/s1. The van der Waals surface area contributed by atoms with Gasteiger partial charge in [-0.2, -0.15) is 5.10 Å². The number of carbonyl (C=O) groups is 2. The van der Waals surface area contributed by atoms with Crippen molar-refractivity contribution in [2.45, 2.75) is 25.3 Å². The third kappa shape index (κ3) is 5.39. The molecule has 0 radical (unpaired) electrons. The Morgan fingerprint density at radius 2 is 1.79 bits per heavy atom. The average Bonchev–Trinajstić information content (AvgIpc) is 3.60. The lowest BCUT2D eigenvalue weighted by atomic mass is 9.98. The molecule has 174 valence electrons. The van der Waals surface area contributed by atoms with Crippen molar-refractivity contribution in [3.05, 3.63) is 65.5 Å². The first kappa shape index (κ1) is 22.9. The van der Waals surface area contributed by atoms with Gasteiger partial charge in [-0.15, -0.1) is 0 Å². The summed E-state index contributed by atoms with van der Waals surface area (Å²) in [7, 11) is 3.17. The Bertz CT molecular complexity index is 1020. The van der Waals surface area contributed by atoms with Crippen molar-refractivity contribution in [2.24, 2.45) is 11.0 Å². The van der Waals surface area contributed by atoms with Gasteiger partial charge in [0.05, 0.1) is 25.5 Å². The number of hydrogen-bond donors (Lipinski definition) is 0. The molecule has 0 aromatic heterocycles. The minimum absolute atomic E-state index is 0.00361. The fourth-order valence-electron chi connectivity index (χ4n) is 3.94. The van der Waals surface area contributed by atoms with Crippen LogP contribution in [0, 0.1) is 11.7 Å². The van der Waals surface area contributed by atoms with E-state index in [1.54, 1.807) is 31.3 Å². The summed E-state index contributed by atoms with van der Waals surface area (Å²) >= 11 is 0. The van der Waals surface area contributed by atoms with Gasteiger partial charge in [-0.3, -0.25) is 9.59 Å². The van der Waals surface area contributed by atoms with Crippen molar-refractivity contribution in [1.82, 2.24) is 9.91 Å². The number of hydrazone groups is 1. The van der Waals surface area contributed by atoms with E-state index in [1.165, 1.54) is 17.1 Å². The Hall–Kier alpha value is -3.26. The fourth-order valence-corrected chi connectivity index (χ4v) is 3.94. The number of hydrogen-bond acceptors (Lipinski definition) is 5. The molecule has 8 heteroatoms. The van der Waals surface area contributed by atoms with E-state index in [0.717, 1.165) is 29.7 Å². The molecule has 1 fully saturated rings. The van der Waals surface area contributed by atoms with Crippen LogP contribution in [0.25, 0.3) is 0 Å². The highest BCUT2D eigenvalue weighted by Crippen LogP contribution is 2.34. The monoisotopic (exact) mass is 453 g/mol. The molecule has 2 aliphatic rings. The molecule has 33 heavy (non-hydrogen) atoms. The van der Waals surface area contributed by atoms with Crippen LogP contribution in [-0.2, 0) is 14.3 Å². The second kappa shape index (κ2) is 10.1. The van der Waals surface area contributed by atoms with Crippen LogP contribution in [0.1, 0.15) is 36.4 Å². The quantitative estimate of drug-likeness (QED) is 0.584. The molecule has 7 nitrogen and oxygen atoms in total. The average molecular weight is 454 g/mol. The van der Waals surface area contributed by atoms with Gasteiger partial charge < -0.3 is 14.4 Å². The molecule has 0 saturated heterocycles. The van der Waals surface area contributed by atoms with Gasteiger partial charge in [0.2, 0.25) is 5.91 Å². The number of ether oxygens (including phenoxy) is 2. The van der Waals surface area contributed by atoms with Crippen LogP contribution in [-0.4, -0.2) is 61.4 Å². The summed E-state index contributed by atoms with van der Waals surface area (Å²) in [5.74, 6) is 0.115. The molecular formula is C25H28FN3O4. The Morgan fingerprint density at radius 1 is 1.09 bits per heavy atom. The van der Waals surface area contributed by atoms with Gasteiger partial charge in [0.1, 0.15) is 18.1 Å². The first-order chi connectivity index (χ1) is 16.0. The Morgan fingerprint density at radius 3 is 2.39 bits per heavy atom. The molecule has 0 unspecified atom stereocenters.